The number of carbonyl (C=O) groups is 1. The second kappa shape index (κ2) is 3.88. The fraction of sp³-hybridized carbons (Fsp3) is 0.957. The third kappa shape index (κ3) is 1.02. The van der Waals surface area contributed by atoms with E-state index < -0.39 is 11.6 Å². The van der Waals surface area contributed by atoms with Crippen molar-refractivity contribution in [3.63, 3.8) is 0 Å². The van der Waals surface area contributed by atoms with Crippen LogP contribution < -0.4 is 10.6 Å². The van der Waals surface area contributed by atoms with Crippen molar-refractivity contribution in [3.05, 3.63) is 0 Å². The molecule has 2 spiro atoms. The molecular formula is C23H22Br2N2O5. The highest BCUT2D eigenvalue weighted by molar-refractivity contribution is 9.10. The van der Waals surface area contributed by atoms with Crippen LogP contribution in [0.25, 0.3) is 0 Å². The Morgan fingerprint density at radius 1 is 0.625 bits per heavy atom. The largest absolute Gasteiger partial charge is 0.346 e. The highest BCUT2D eigenvalue weighted by Crippen LogP contribution is 3.03. The molecule has 2 saturated heterocycles. The van der Waals surface area contributed by atoms with Gasteiger partial charge in [-0.05, 0) is 47.3 Å². The van der Waals surface area contributed by atoms with Crippen LogP contribution in [-0.2, 0) is 18.9 Å². The van der Waals surface area contributed by atoms with Crippen LogP contribution in [-0.4, -0.2) is 63.8 Å². The van der Waals surface area contributed by atoms with E-state index in [4.69, 9.17) is 18.9 Å². The molecule has 0 radical (unpaired) electrons. The number of amides is 2. The molecule has 7 nitrogen and oxygen atoms in total. The summed E-state index contributed by atoms with van der Waals surface area (Å²) in [4.78, 5) is 13.6. The minimum absolute atomic E-state index is 0.0203. The highest BCUT2D eigenvalue weighted by Gasteiger charge is 3.11. The van der Waals surface area contributed by atoms with Gasteiger partial charge in [0.15, 0.2) is 11.6 Å². The van der Waals surface area contributed by atoms with Gasteiger partial charge in [-0.1, -0.05) is 31.9 Å². The Bertz CT molecular complexity index is 1070. The van der Waals surface area contributed by atoms with Crippen molar-refractivity contribution < 1.29 is 23.7 Å². The number of alkyl halides is 2. The molecule has 2 N–H and O–H groups in total. The first-order valence-electron chi connectivity index (χ1n) is 12.5. The molecule has 14 rings (SSSR count). The summed E-state index contributed by atoms with van der Waals surface area (Å²) in [6, 6.07) is 0.0713. The van der Waals surface area contributed by atoms with E-state index in [0.29, 0.717) is 97.4 Å². The first-order valence-corrected chi connectivity index (χ1v) is 14.1. The number of halogens is 2. The quantitative estimate of drug-likeness (QED) is 0.489. The molecule has 9 heteroatoms. The zero-order chi connectivity index (χ0) is 20.6. The van der Waals surface area contributed by atoms with Crippen LogP contribution in [0.3, 0.4) is 0 Å². The van der Waals surface area contributed by atoms with Crippen LogP contribution in [0.2, 0.25) is 0 Å². The van der Waals surface area contributed by atoms with E-state index in [1.54, 1.807) is 0 Å². The first-order chi connectivity index (χ1) is 15.5. The predicted octanol–water partition coefficient (Wildman–Crippen LogP) is 1.05. The fourth-order valence-electron chi connectivity index (χ4n) is 13.7. The monoisotopic (exact) mass is 564 g/mol. The number of rotatable bonds is 2. The maximum Gasteiger partial charge on any atom is 0.315 e. The molecule has 16 atom stereocenters. The second-order valence-electron chi connectivity index (χ2n) is 13.0. The molecule has 0 aromatic rings. The predicted molar refractivity (Wildman–Crippen MR) is 112 cm³/mol. The summed E-state index contributed by atoms with van der Waals surface area (Å²) in [5.41, 5.74) is -0.0405. The van der Waals surface area contributed by atoms with Gasteiger partial charge in [-0.3, -0.25) is 0 Å². The van der Waals surface area contributed by atoms with Crippen LogP contribution in [0.4, 0.5) is 4.79 Å². The molecule has 4 bridgehead atoms. The van der Waals surface area contributed by atoms with Crippen LogP contribution >= 0.6 is 31.9 Å². The minimum Gasteiger partial charge on any atom is -0.346 e. The lowest BCUT2D eigenvalue weighted by molar-refractivity contribution is -0.191. The summed E-state index contributed by atoms with van der Waals surface area (Å²) >= 11 is 8.34. The van der Waals surface area contributed by atoms with Crippen molar-refractivity contribution >= 4 is 37.9 Å². The highest BCUT2D eigenvalue weighted by atomic mass is 79.9. The number of carbonyl (C=O) groups excluding carboxylic acids is 1. The molecule has 168 valence electrons. The number of hydrogen-bond donors (Lipinski definition) is 2. The Balaban J connectivity index is 0.875. The zero-order valence-corrected chi connectivity index (χ0v) is 20.2. The maximum absolute atomic E-state index is 13.6. The molecule has 12 saturated carbocycles. The Kier molecular flexibility index (Phi) is 2.02. The molecule has 2 heterocycles. The van der Waals surface area contributed by atoms with Gasteiger partial charge in [-0.2, -0.15) is 0 Å². The Morgan fingerprint density at radius 2 is 1.03 bits per heavy atom. The summed E-state index contributed by atoms with van der Waals surface area (Å²) in [6.07, 6.45) is 0. The van der Waals surface area contributed by atoms with Crippen LogP contribution in [0, 0.1) is 71.0 Å². The summed E-state index contributed by atoms with van der Waals surface area (Å²) in [5.74, 6) is 5.80. The standard InChI is InChI=1S/C23H22Br2N2O5/c24-20-9-5-7(9)18(13(15(18)20)11(5)22(20)29-1-2-30-22)26-17(28)27-19-8-6-10(8)21(25)16(19)14(19)12(6)23(21)31-3-4-32-23/h5-16H,1-4H2,(H2,26,27,28)/t5-,6-,7+,8+,9-,10-,11-,12-,13+,14+,15-,16-,18+,19+,20-,21-/m0/s1. The number of urea groups is 1. The topological polar surface area (TPSA) is 78.1 Å². The van der Waals surface area contributed by atoms with Crippen molar-refractivity contribution in [1.29, 1.82) is 0 Å². The number of ether oxygens (including phenoxy) is 4. The average Bonchev–Trinajstić information content (AvgIpc) is 3.65. The van der Waals surface area contributed by atoms with Crippen LogP contribution in [0.5, 0.6) is 0 Å². The van der Waals surface area contributed by atoms with E-state index in [0.717, 1.165) is 0 Å². The lowest BCUT2D eigenvalue weighted by atomic mass is 9.96. The van der Waals surface area contributed by atoms with Gasteiger partial charge in [0.25, 0.3) is 0 Å². The summed E-state index contributed by atoms with van der Waals surface area (Å²) in [6.45, 7) is 2.81. The van der Waals surface area contributed by atoms with E-state index in [2.05, 4.69) is 42.5 Å². The smallest absolute Gasteiger partial charge is 0.315 e. The van der Waals surface area contributed by atoms with E-state index in [1.165, 1.54) is 0 Å². The van der Waals surface area contributed by atoms with Crippen LogP contribution in [0.1, 0.15) is 0 Å². The van der Waals surface area contributed by atoms with E-state index in [-0.39, 0.29) is 25.8 Å². The Labute approximate surface area is 200 Å². The van der Waals surface area contributed by atoms with E-state index >= 15 is 0 Å². The van der Waals surface area contributed by atoms with Gasteiger partial charge in [0.2, 0.25) is 0 Å². The normalized spacial score (nSPS) is 77.8. The maximum atomic E-state index is 13.6. The molecule has 12 aliphatic carbocycles. The SMILES string of the molecule is O=C(N[C@]12[C@@H]3[C@@H]4[C@H]5[C@@H]1[C@@H]2[C@@](Br)([C@@H]43)C51OCCO1)N[C@]12[C@@H]3[C@@H]4[C@H]5[C@@H]1[C@@H]2[C@@](Br)([C@@H]43)C51OCCO1. The van der Waals surface area contributed by atoms with Crippen molar-refractivity contribution in [2.45, 2.75) is 31.3 Å². The van der Waals surface area contributed by atoms with Gasteiger partial charge >= 0.3 is 6.03 Å². The fourth-order valence-corrected chi connectivity index (χ4v) is 17.2. The molecule has 2 aliphatic heterocycles. The average molecular weight is 566 g/mol. The van der Waals surface area contributed by atoms with Gasteiger partial charge in [0.05, 0.1) is 46.2 Å². The summed E-state index contributed by atoms with van der Waals surface area (Å²) < 4.78 is 24.9. The third-order valence-electron chi connectivity index (χ3n) is 13.4. The summed E-state index contributed by atoms with van der Waals surface area (Å²) in [7, 11) is 0. The van der Waals surface area contributed by atoms with Gasteiger partial charge in [0.1, 0.15) is 0 Å². The molecule has 2 amide bonds. The van der Waals surface area contributed by atoms with Crippen LogP contribution in [0.15, 0.2) is 0 Å². The van der Waals surface area contributed by atoms with Crippen molar-refractivity contribution in [1.82, 2.24) is 10.6 Å². The molecule has 0 aromatic carbocycles. The van der Waals surface area contributed by atoms with Gasteiger partial charge in [-0.25, -0.2) is 4.79 Å². The van der Waals surface area contributed by atoms with Gasteiger partial charge < -0.3 is 29.6 Å². The minimum atomic E-state index is -0.417. The molecule has 14 aliphatic rings. The second-order valence-corrected chi connectivity index (χ2v) is 15.7. The lowest BCUT2D eigenvalue weighted by Crippen LogP contribution is -2.56. The lowest BCUT2D eigenvalue weighted by Gasteiger charge is -2.38. The first kappa shape index (κ1) is 16.7. The molecule has 0 unspecified atom stereocenters. The number of hydrogen-bond acceptors (Lipinski definition) is 5. The van der Waals surface area contributed by atoms with Gasteiger partial charge in [0, 0.05) is 23.7 Å². The zero-order valence-electron chi connectivity index (χ0n) is 17.1. The Morgan fingerprint density at radius 3 is 1.34 bits per heavy atom. The van der Waals surface area contributed by atoms with Crippen molar-refractivity contribution in [2.75, 3.05) is 26.4 Å². The molecular weight excluding hydrogens is 544 g/mol. The number of nitrogens with one attached hydrogen (secondary N) is 2. The molecule has 0 aromatic heterocycles. The molecule has 14 fully saturated rings. The van der Waals surface area contributed by atoms with Gasteiger partial charge in [-0.15, -0.1) is 0 Å². The van der Waals surface area contributed by atoms with E-state index in [1.807, 2.05) is 0 Å². The van der Waals surface area contributed by atoms with E-state index in [9.17, 15) is 4.79 Å². The van der Waals surface area contributed by atoms with Crippen molar-refractivity contribution in [2.24, 2.45) is 71.0 Å². The third-order valence-corrected chi connectivity index (χ3v) is 16.6. The van der Waals surface area contributed by atoms with Crippen molar-refractivity contribution in [3.8, 4) is 0 Å². The molecule has 32 heavy (non-hydrogen) atoms. The Hall–Kier alpha value is 0.0700. The summed E-state index contributed by atoms with van der Waals surface area (Å²) in [5, 5.41) is 7.19.